The van der Waals surface area contributed by atoms with E-state index in [1.54, 1.807) is 13.3 Å². The summed E-state index contributed by atoms with van der Waals surface area (Å²) >= 11 is 0. The van der Waals surface area contributed by atoms with E-state index in [2.05, 4.69) is 21.8 Å². The van der Waals surface area contributed by atoms with Gasteiger partial charge in [0.2, 0.25) is 0 Å². The van der Waals surface area contributed by atoms with Gasteiger partial charge in [0.1, 0.15) is 11.9 Å². The molecule has 0 radical (unpaired) electrons. The number of methoxy groups -OCH3 is 1. The zero-order chi connectivity index (χ0) is 12.3. The van der Waals surface area contributed by atoms with Gasteiger partial charge in [0.05, 0.1) is 18.0 Å². The van der Waals surface area contributed by atoms with Crippen LogP contribution < -0.4 is 4.90 Å². The van der Waals surface area contributed by atoms with E-state index >= 15 is 0 Å². The lowest BCUT2D eigenvalue weighted by Crippen LogP contribution is -2.47. The summed E-state index contributed by atoms with van der Waals surface area (Å²) in [7, 11) is 1.74. The third kappa shape index (κ3) is 2.53. The first kappa shape index (κ1) is 11.8. The van der Waals surface area contributed by atoms with Crippen molar-refractivity contribution in [1.29, 1.82) is 5.26 Å². The molecule has 1 atom stereocenters. The Labute approximate surface area is 101 Å². The molecule has 1 fully saturated rings. The van der Waals surface area contributed by atoms with Crippen LogP contribution in [0.1, 0.15) is 25.5 Å². The van der Waals surface area contributed by atoms with Crippen molar-refractivity contribution in [2.24, 2.45) is 0 Å². The van der Waals surface area contributed by atoms with Crippen LogP contribution in [-0.4, -0.2) is 35.8 Å². The van der Waals surface area contributed by atoms with Gasteiger partial charge >= 0.3 is 0 Å². The maximum atomic E-state index is 8.67. The van der Waals surface area contributed by atoms with E-state index in [4.69, 9.17) is 10.00 Å². The number of aromatic nitrogens is 2. The highest BCUT2D eigenvalue weighted by atomic mass is 16.5. The van der Waals surface area contributed by atoms with Crippen LogP contribution in [0, 0.1) is 11.3 Å². The molecule has 0 saturated carbocycles. The lowest BCUT2D eigenvalue weighted by atomic mass is 9.95. The highest BCUT2D eigenvalue weighted by molar-refractivity contribution is 5.38. The molecule has 1 aromatic heterocycles. The fourth-order valence-corrected chi connectivity index (χ4v) is 2.11. The van der Waals surface area contributed by atoms with Crippen molar-refractivity contribution in [2.75, 3.05) is 25.1 Å². The lowest BCUT2D eigenvalue weighted by molar-refractivity contribution is -0.00482. The second kappa shape index (κ2) is 4.68. The predicted molar refractivity (Wildman–Crippen MR) is 63.6 cm³/mol. The Bertz CT molecular complexity index is 425. The molecule has 0 bridgehead atoms. The Morgan fingerprint density at radius 1 is 1.47 bits per heavy atom. The molecule has 1 unspecified atom stereocenters. The molecule has 90 valence electrons. The minimum Gasteiger partial charge on any atom is -0.377 e. The molecule has 2 heterocycles. The Kier molecular flexibility index (Phi) is 3.25. The average Bonchev–Trinajstić information content (AvgIpc) is 2.39. The number of hydrogen-bond donors (Lipinski definition) is 0. The van der Waals surface area contributed by atoms with E-state index in [9.17, 15) is 0 Å². The number of nitriles is 1. The first-order valence-electron chi connectivity index (χ1n) is 5.69. The normalized spacial score (nSPS) is 24.4. The minimum absolute atomic E-state index is 0.117. The van der Waals surface area contributed by atoms with Gasteiger partial charge in [0.25, 0.3) is 0 Å². The molecule has 1 aromatic rings. The van der Waals surface area contributed by atoms with Crippen molar-refractivity contribution in [2.45, 2.75) is 25.4 Å². The van der Waals surface area contributed by atoms with E-state index < -0.39 is 0 Å². The zero-order valence-electron chi connectivity index (χ0n) is 10.2. The van der Waals surface area contributed by atoms with Crippen LogP contribution in [0.15, 0.2) is 12.4 Å². The summed E-state index contributed by atoms with van der Waals surface area (Å²) in [5.41, 5.74) is 0.230. The van der Waals surface area contributed by atoms with Crippen LogP contribution in [0.5, 0.6) is 0 Å². The van der Waals surface area contributed by atoms with Gasteiger partial charge in [-0.25, -0.2) is 9.97 Å². The summed E-state index contributed by atoms with van der Waals surface area (Å²) in [6.45, 7) is 3.87. The van der Waals surface area contributed by atoms with E-state index in [0.29, 0.717) is 5.69 Å². The molecule has 2 rings (SSSR count). The monoisotopic (exact) mass is 232 g/mol. The number of nitrogens with zero attached hydrogens (tertiary/aromatic N) is 4. The van der Waals surface area contributed by atoms with Crippen LogP contribution in [0.3, 0.4) is 0 Å². The molecule has 0 aromatic carbocycles. The second-order valence-electron chi connectivity index (χ2n) is 4.55. The summed E-state index contributed by atoms with van der Waals surface area (Å²) < 4.78 is 5.53. The molecule has 1 saturated heterocycles. The van der Waals surface area contributed by atoms with E-state index in [0.717, 1.165) is 31.7 Å². The van der Waals surface area contributed by atoms with Crippen LogP contribution in [-0.2, 0) is 4.74 Å². The average molecular weight is 232 g/mol. The smallest absolute Gasteiger partial charge is 0.158 e. The second-order valence-corrected chi connectivity index (χ2v) is 4.55. The van der Waals surface area contributed by atoms with Gasteiger partial charge in [0.15, 0.2) is 5.69 Å². The van der Waals surface area contributed by atoms with Gasteiger partial charge in [-0.3, -0.25) is 0 Å². The summed E-state index contributed by atoms with van der Waals surface area (Å²) in [5.74, 6) is 0.812. The highest BCUT2D eigenvalue weighted by Crippen LogP contribution is 2.26. The number of piperidine rings is 1. The third-order valence-electron chi connectivity index (χ3n) is 3.23. The standard InChI is InChI=1S/C12H16N4O/c1-12(17-2)4-3-5-16(9-12)11-8-14-10(6-13)7-15-11/h7-8H,3-5,9H2,1-2H3. The summed E-state index contributed by atoms with van der Waals surface area (Å²) in [5, 5.41) is 8.67. The fourth-order valence-electron chi connectivity index (χ4n) is 2.11. The Balaban J connectivity index is 2.14. The van der Waals surface area contributed by atoms with Crippen molar-refractivity contribution >= 4 is 5.82 Å². The summed E-state index contributed by atoms with van der Waals surface area (Å²) in [4.78, 5) is 10.5. The van der Waals surface area contributed by atoms with E-state index in [1.165, 1.54) is 6.20 Å². The van der Waals surface area contributed by atoms with Gasteiger partial charge < -0.3 is 9.64 Å². The molecule has 5 heteroatoms. The highest BCUT2D eigenvalue weighted by Gasteiger charge is 2.31. The molecular formula is C12H16N4O. The first-order valence-corrected chi connectivity index (χ1v) is 5.69. The van der Waals surface area contributed by atoms with Gasteiger partial charge in [-0.15, -0.1) is 0 Å². The molecule has 1 aliphatic rings. The van der Waals surface area contributed by atoms with Crippen molar-refractivity contribution in [1.82, 2.24) is 9.97 Å². The number of rotatable bonds is 2. The van der Waals surface area contributed by atoms with Gasteiger partial charge in [-0.1, -0.05) is 0 Å². The van der Waals surface area contributed by atoms with Gasteiger partial charge in [-0.2, -0.15) is 5.26 Å². The van der Waals surface area contributed by atoms with Crippen molar-refractivity contribution in [3.8, 4) is 6.07 Å². The number of ether oxygens (including phenoxy) is 1. The molecule has 5 nitrogen and oxygen atoms in total. The van der Waals surface area contributed by atoms with Crippen LogP contribution in [0.25, 0.3) is 0 Å². The number of hydrogen-bond acceptors (Lipinski definition) is 5. The molecule has 0 spiro atoms. The molecular weight excluding hydrogens is 216 g/mol. The topological polar surface area (TPSA) is 62.0 Å². The van der Waals surface area contributed by atoms with Gasteiger partial charge in [-0.05, 0) is 19.8 Å². The maximum Gasteiger partial charge on any atom is 0.158 e. The Morgan fingerprint density at radius 3 is 2.88 bits per heavy atom. The van der Waals surface area contributed by atoms with Crippen LogP contribution >= 0.6 is 0 Å². The van der Waals surface area contributed by atoms with Crippen molar-refractivity contribution in [3.63, 3.8) is 0 Å². The first-order chi connectivity index (χ1) is 8.17. The maximum absolute atomic E-state index is 8.67. The molecule has 0 aliphatic carbocycles. The van der Waals surface area contributed by atoms with Crippen molar-refractivity contribution in [3.05, 3.63) is 18.1 Å². The Morgan fingerprint density at radius 2 is 2.29 bits per heavy atom. The van der Waals surface area contributed by atoms with Crippen molar-refractivity contribution < 1.29 is 4.74 Å². The van der Waals surface area contributed by atoms with E-state index in [1.807, 2.05) is 6.07 Å². The molecule has 1 aliphatic heterocycles. The summed E-state index contributed by atoms with van der Waals surface area (Å²) in [6.07, 6.45) is 5.30. The zero-order valence-corrected chi connectivity index (χ0v) is 10.2. The predicted octanol–water partition coefficient (Wildman–Crippen LogP) is 1.35. The van der Waals surface area contributed by atoms with Gasteiger partial charge in [0, 0.05) is 20.2 Å². The Hall–Kier alpha value is -1.67. The molecule has 0 amide bonds. The largest absolute Gasteiger partial charge is 0.377 e. The minimum atomic E-state index is -0.117. The van der Waals surface area contributed by atoms with Crippen LogP contribution in [0.2, 0.25) is 0 Å². The third-order valence-corrected chi connectivity index (χ3v) is 3.23. The quantitative estimate of drug-likeness (QED) is 0.770. The van der Waals surface area contributed by atoms with E-state index in [-0.39, 0.29) is 5.60 Å². The van der Waals surface area contributed by atoms with Crippen LogP contribution in [0.4, 0.5) is 5.82 Å². The lowest BCUT2D eigenvalue weighted by Gasteiger charge is -2.39. The fraction of sp³-hybridized carbons (Fsp3) is 0.583. The summed E-state index contributed by atoms with van der Waals surface area (Å²) in [6, 6.07) is 1.97. The molecule has 0 N–H and O–H groups in total. The SMILES string of the molecule is COC1(C)CCCN(c2cnc(C#N)cn2)C1. The molecule has 17 heavy (non-hydrogen) atoms. The number of anilines is 1.